The minimum atomic E-state index is -1.09. The summed E-state index contributed by atoms with van der Waals surface area (Å²) in [5.74, 6) is -2.64. The first-order valence-electron chi connectivity index (χ1n) is 9.08. The van der Waals surface area contributed by atoms with Gasteiger partial charge in [-0.1, -0.05) is 13.0 Å². The van der Waals surface area contributed by atoms with Gasteiger partial charge in [-0.25, -0.2) is 8.78 Å². The fraction of sp³-hybridized carbons (Fsp3) is 0.238. The van der Waals surface area contributed by atoms with E-state index in [4.69, 9.17) is 5.73 Å². The van der Waals surface area contributed by atoms with Gasteiger partial charge >= 0.3 is 0 Å². The topological polar surface area (TPSA) is 72.9 Å². The molecule has 3 rings (SSSR count). The van der Waals surface area contributed by atoms with E-state index in [1.54, 1.807) is 12.1 Å². The van der Waals surface area contributed by atoms with Gasteiger partial charge in [-0.05, 0) is 56.2 Å². The smallest absolute Gasteiger partial charge is 0.255 e. The number of nitrogens with two attached hydrogens (primary N) is 1. The molecule has 28 heavy (non-hydrogen) atoms. The molecule has 3 N–H and O–H groups in total. The number of anilines is 2. The van der Waals surface area contributed by atoms with Gasteiger partial charge in [-0.2, -0.15) is 5.10 Å². The minimum Gasteiger partial charge on any atom is -0.398 e. The molecule has 5 nitrogen and oxygen atoms in total. The van der Waals surface area contributed by atoms with Crippen LogP contribution < -0.4 is 11.1 Å². The monoisotopic (exact) mass is 384 g/mol. The van der Waals surface area contributed by atoms with E-state index < -0.39 is 17.5 Å². The minimum absolute atomic E-state index is 0.170. The van der Waals surface area contributed by atoms with Gasteiger partial charge in [-0.3, -0.25) is 9.48 Å². The van der Waals surface area contributed by atoms with E-state index in [9.17, 15) is 13.6 Å². The van der Waals surface area contributed by atoms with Crippen molar-refractivity contribution in [1.29, 1.82) is 0 Å². The molecule has 0 spiro atoms. The van der Waals surface area contributed by atoms with Gasteiger partial charge in [0.2, 0.25) is 0 Å². The lowest BCUT2D eigenvalue weighted by molar-refractivity contribution is 0.102. The second kappa shape index (κ2) is 7.80. The average molecular weight is 384 g/mol. The number of nitrogens with zero attached hydrogens (tertiary/aromatic N) is 2. The maximum absolute atomic E-state index is 14.0. The molecule has 2 aromatic carbocycles. The standard InChI is InChI=1S/C21H22F2N4O/c1-4-14-11-18(27(5-2)26-14)15-8-7-13(10-16(15)24)21(28)25-17-9-6-12(3)19(22)20(17)23/h6-11H,4-5,24H2,1-3H3,(H,25,28). The molecule has 3 aromatic rings. The molecule has 7 heteroatoms. The molecule has 0 aliphatic rings. The Bertz CT molecular complexity index is 1040. The summed E-state index contributed by atoms with van der Waals surface area (Å²) in [7, 11) is 0. The van der Waals surface area contributed by atoms with Crippen molar-refractivity contribution in [1.82, 2.24) is 9.78 Å². The zero-order valence-electron chi connectivity index (χ0n) is 16.0. The molecule has 0 aliphatic heterocycles. The number of nitrogen functional groups attached to an aromatic ring is 1. The molecule has 0 atom stereocenters. The third-order valence-corrected chi connectivity index (χ3v) is 4.61. The fourth-order valence-electron chi connectivity index (χ4n) is 2.97. The number of hydrogen-bond acceptors (Lipinski definition) is 3. The highest BCUT2D eigenvalue weighted by Gasteiger charge is 2.16. The van der Waals surface area contributed by atoms with Crippen LogP contribution in [-0.2, 0) is 13.0 Å². The number of aromatic nitrogens is 2. The molecule has 0 fully saturated rings. The molecule has 0 bridgehead atoms. The Labute approximate surface area is 162 Å². The van der Waals surface area contributed by atoms with Gasteiger partial charge in [0.05, 0.1) is 17.1 Å². The predicted molar refractivity (Wildman–Crippen MR) is 106 cm³/mol. The molecular formula is C21H22F2N4O. The number of benzene rings is 2. The summed E-state index contributed by atoms with van der Waals surface area (Å²) in [6.45, 7) is 6.16. The largest absolute Gasteiger partial charge is 0.398 e. The van der Waals surface area contributed by atoms with Crippen molar-refractivity contribution in [2.24, 2.45) is 0 Å². The van der Waals surface area contributed by atoms with Crippen LogP contribution in [-0.4, -0.2) is 15.7 Å². The van der Waals surface area contributed by atoms with Gasteiger partial charge in [0.15, 0.2) is 11.6 Å². The summed E-state index contributed by atoms with van der Waals surface area (Å²) < 4.78 is 29.6. The first-order valence-corrected chi connectivity index (χ1v) is 9.08. The summed E-state index contributed by atoms with van der Waals surface area (Å²) in [5.41, 5.74) is 9.37. The Morgan fingerprint density at radius 2 is 1.89 bits per heavy atom. The van der Waals surface area contributed by atoms with E-state index in [0.717, 1.165) is 23.4 Å². The van der Waals surface area contributed by atoms with Gasteiger partial charge in [-0.15, -0.1) is 0 Å². The number of nitrogens with one attached hydrogen (secondary N) is 1. The fourth-order valence-corrected chi connectivity index (χ4v) is 2.97. The Kier molecular flexibility index (Phi) is 5.44. The van der Waals surface area contributed by atoms with E-state index in [0.29, 0.717) is 12.2 Å². The van der Waals surface area contributed by atoms with Crippen molar-refractivity contribution in [2.75, 3.05) is 11.1 Å². The van der Waals surface area contributed by atoms with Crippen molar-refractivity contribution < 1.29 is 13.6 Å². The highest BCUT2D eigenvalue weighted by Crippen LogP contribution is 2.28. The van der Waals surface area contributed by atoms with Crippen LogP contribution in [0.3, 0.4) is 0 Å². The second-order valence-corrected chi connectivity index (χ2v) is 6.50. The zero-order valence-corrected chi connectivity index (χ0v) is 16.0. The first kappa shape index (κ1) is 19.5. The van der Waals surface area contributed by atoms with Crippen molar-refractivity contribution in [3.05, 3.63) is 64.9 Å². The van der Waals surface area contributed by atoms with E-state index in [-0.39, 0.29) is 16.8 Å². The number of carbonyl (C=O) groups excluding carboxylic acids is 1. The first-order chi connectivity index (χ1) is 13.3. The molecule has 146 valence electrons. The highest BCUT2D eigenvalue weighted by atomic mass is 19.2. The van der Waals surface area contributed by atoms with E-state index in [1.807, 2.05) is 24.6 Å². The maximum atomic E-state index is 14.0. The average Bonchev–Trinajstić information content (AvgIpc) is 3.11. The number of amides is 1. The lowest BCUT2D eigenvalue weighted by Crippen LogP contribution is -2.14. The van der Waals surface area contributed by atoms with Gasteiger partial charge < -0.3 is 11.1 Å². The van der Waals surface area contributed by atoms with E-state index in [2.05, 4.69) is 10.4 Å². The number of halogens is 2. The quantitative estimate of drug-likeness (QED) is 0.634. The van der Waals surface area contributed by atoms with Crippen molar-refractivity contribution in [3.8, 4) is 11.3 Å². The van der Waals surface area contributed by atoms with E-state index >= 15 is 0 Å². The Morgan fingerprint density at radius 1 is 1.14 bits per heavy atom. The molecule has 1 amide bonds. The van der Waals surface area contributed by atoms with Gasteiger partial charge in [0, 0.05) is 23.4 Å². The Balaban J connectivity index is 1.89. The molecule has 0 unspecified atom stereocenters. The van der Waals surface area contributed by atoms with Crippen LogP contribution in [0.15, 0.2) is 36.4 Å². The highest BCUT2D eigenvalue weighted by molar-refractivity contribution is 6.05. The number of rotatable bonds is 5. The summed E-state index contributed by atoms with van der Waals surface area (Å²) in [4.78, 5) is 12.5. The molecule has 0 saturated carbocycles. The zero-order chi connectivity index (χ0) is 20.4. The van der Waals surface area contributed by atoms with Crippen molar-refractivity contribution >= 4 is 17.3 Å². The number of hydrogen-bond donors (Lipinski definition) is 2. The van der Waals surface area contributed by atoms with E-state index in [1.165, 1.54) is 25.1 Å². The van der Waals surface area contributed by atoms with Crippen LogP contribution >= 0.6 is 0 Å². The van der Waals surface area contributed by atoms with Crippen LogP contribution in [0.5, 0.6) is 0 Å². The maximum Gasteiger partial charge on any atom is 0.255 e. The molecule has 0 radical (unpaired) electrons. The molecule has 1 heterocycles. The molecule has 0 aliphatic carbocycles. The van der Waals surface area contributed by atoms with Crippen LogP contribution in [0.4, 0.5) is 20.2 Å². The van der Waals surface area contributed by atoms with Crippen LogP contribution in [0.1, 0.15) is 35.5 Å². The summed E-state index contributed by atoms with van der Waals surface area (Å²) in [6.07, 6.45) is 0.805. The third-order valence-electron chi connectivity index (χ3n) is 4.61. The third kappa shape index (κ3) is 3.60. The molecule has 1 aromatic heterocycles. The summed E-state index contributed by atoms with van der Waals surface area (Å²) >= 11 is 0. The van der Waals surface area contributed by atoms with Crippen LogP contribution in [0.2, 0.25) is 0 Å². The molecule has 0 saturated heterocycles. The normalized spacial score (nSPS) is 10.9. The molecular weight excluding hydrogens is 362 g/mol. The Hall–Kier alpha value is -3.22. The van der Waals surface area contributed by atoms with Crippen LogP contribution in [0, 0.1) is 18.6 Å². The second-order valence-electron chi connectivity index (χ2n) is 6.50. The van der Waals surface area contributed by atoms with Gasteiger partial charge in [0.1, 0.15) is 0 Å². The number of aryl methyl sites for hydroxylation is 3. The SMILES string of the molecule is CCc1cc(-c2ccc(C(=O)Nc3ccc(C)c(F)c3F)cc2N)n(CC)n1. The summed E-state index contributed by atoms with van der Waals surface area (Å²) in [6, 6.07) is 9.56. The predicted octanol–water partition coefficient (Wildman–Crippen LogP) is 4.55. The lowest BCUT2D eigenvalue weighted by atomic mass is 10.0. The lowest BCUT2D eigenvalue weighted by Gasteiger charge is -2.11. The summed E-state index contributed by atoms with van der Waals surface area (Å²) in [5, 5.41) is 6.90. The van der Waals surface area contributed by atoms with Crippen LogP contribution in [0.25, 0.3) is 11.3 Å². The van der Waals surface area contributed by atoms with Crippen molar-refractivity contribution in [2.45, 2.75) is 33.7 Å². The Morgan fingerprint density at radius 3 is 2.54 bits per heavy atom. The van der Waals surface area contributed by atoms with Crippen molar-refractivity contribution in [3.63, 3.8) is 0 Å². The number of carbonyl (C=O) groups is 1. The van der Waals surface area contributed by atoms with Gasteiger partial charge in [0.25, 0.3) is 5.91 Å².